The van der Waals surface area contributed by atoms with Crippen molar-refractivity contribution in [3.8, 4) is 0 Å². The molecule has 1 aromatic carbocycles. The largest absolute Gasteiger partial charge is 0.356 e. The van der Waals surface area contributed by atoms with Crippen LogP contribution in [-0.2, 0) is 6.42 Å². The van der Waals surface area contributed by atoms with Crippen molar-refractivity contribution < 1.29 is 4.79 Å². The number of amides is 1. The van der Waals surface area contributed by atoms with Gasteiger partial charge in [0.05, 0.1) is 10.6 Å². The van der Waals surface area contributed by atoms with Gasteiger partial charge in [-0.05, 0) is 30.2 Å². The number of rotatable bonds is 7. The summed E-state index contributed by atoms with van der Waals surface area (Å²) >= 11 is 11.8. The molecule has 0 fully saturated rings. The molecular formula is C18H21Cl2N5O. The average molecular weight is 394 g/mol. The van der Waals surface area contributed by atoms with Crippen LogP contribution in [0.25, 0.3) is 0 Å². The van der Waals surface area contributed by atoms with Gasteiger partial charge >= 0.3 is 0 Å². The van der Waals surface area contributed by atoms with Gasteiger partial charge in [0, 0.05) is 32.9 Å². The summed E-state index contributed by atoms with van der Waals surface area (Å²) in [7, 11) is 1.70. The Balaban J connectivity index is 1.66. The summed E-state index contributed by atoms with van der Waals surface area (Å²) in [4.78, 5) is 20.2. The summed E-state index contributed by atoms with van der Waals surface area (Å²) in [6, 6.07) is 10.7. The average Bonchev–Trinajstić information content (AvgIpc) is 2.65. The van der Waals surface area contributed by atoms with Gasteiger partial charge in [-0.3, -0.25) is 9.79 Å². The van der Waals surface area contributed by atoms with Crippen LogP contribution in [0.4, 0.5) is 0 Å². The molecule has 2 aromatic rings. The number of carbonyl (C=O) groups excluding carboxylic acids is 1. The van der Waals surface area contributed by atoms with Gasteiger partial charge in [-0.2, -0.15) is 0 Å². The van der Waals surface area contributed by atoms with E-state index in [-0.39, 0.29) is 5.91 Å². The Morgan fingerprint density at radius 3 is 2.46 bits per heavy atom. The Bertz CT molecular complexity index is 750. The standard InChI is InChI=1S/C18H21Cl2N5O/c1-21-18(23-9-8-13-6-7-16(20)25-12-13)24-11-10-22-17(26)14-4-2-3-5-15(14)19/h2-7,12H,8-11H2,1H3,(H,22,26)(H2,21,23,24). The summed E-state index contributed by atoms with van der Waals surface area (Å²) in [5.41, 5.74) is 1.55. The molecule has 0 saturated heterocycles. The molecule has 0 aliphatic rings. The van der Waals surface area contributed by atoms with Crippen LogP contribution in [0.1, 0.15) is 15.9 Å². The van der Waals surface area contributed by atoms with Crippen molar-refractivity contribution in [3.63, 3.8) is 0 Å². The van der Waals surface area contributed by atoms with E-state index in [1.54, 1.807) is 43.6 Å². The minimum absolute atomic E-state index is 0.199. The summed E-state index contributed by atoms with van der Waals surface area (Å²) < 4.78 is 0. The van der Waals surface area contributed by atoms with Crippen molar-refractivity contribution in [2.75, 3.05) is 26.7 Å². The van der Waals surface area contributed by atoms with Gasteiger partial charge in [-0.15, -0.1) is 0 Å². The first-order chi connectivity index (χ1) is 12.6. The highest BCUT2D eigenvalue weighted by molar-refractivity contribution is 6.33. The van der Waals surface area contributed by atoms with Crippen molar-refractivity contribution >= 4 is 35.1 Å². The van der Waals surface area contributed by atoms with Crippen LogP contribution in [0, 0.1) is 0 Å². The molecule has 8 heteroatoms. The van der Waals surface area contributed by atoms with Crippen molar-refractivity contribution in [2.45, 2.75) is 6.42 Å². The van der Waals surface area contributed by atoms with Gasteiger partial charge in [0.1, 0.15) is 5.15 Å². The smallest absolute Gasteiger partial charge is 0.252 e. The van der Waals surface area contributed by atoms with E-state index in [1.807, 2.05) is 6.07 Å². The van der Waals surface area contributed by atoms with E-state index >= 15 is 0 Å². The van der Waals surface area contributed by atoms with Crippen molar-refractivity contribution in [1.29, 1.82) is 0 Å². The molecule has 0 radical (unpaired) electrons. The molecule has 0 saturated carbocycles. The second kappa shape index (κ2) is 10.6. The predicted molar refractivity (Wildman–Crippen MR) is 106 cm³/mol. The Morgan fingerprint density at radius 2 is 1.77 bits per heavy atom. The zero-order valence-corrected chi connectivity index (χ0v) is 15.9. The van der Waals surface area contributed by atoms with E-state index in [2.05, 4.69) is 25.9 Å². The summed E-state index contributed by atoms with van der Waals surface area (Å²) in [5.74, 6) is 0.467. The summed E-state index contributed by atoms with van der Waals surface area (Å²) in [6.07, 6.45) is 2.55. The maximum Gasteiger partial charge on any atom is 0.252 e. The minimum Gasteiger partial charge on any atom is -0.356 e. The van der Waals surface area contributed by atoms with Crippen LogP contribution < -0.4 is 16.0 Å². The number of benzene rings is 1. The molecule has 0 spiro atoms. The lowest BCUT2D eigenvalue weighted by Crippen LogP contribution is -2.42. The monoisotopic (exact) mass is 393 g/mol. The maximum absolute atomic E-state index is 12.0. The maximum atomic E-state index is 12.0. The third kappa shape index (κ3) is 6.54. The quantitative estimate of drug-likeness (QED) is 0.292. The highest BCUT2D eigenvalue weighted by atomic mass is 35.5. The van der Waals surface area contributed by atoms with E-state index < -0.39 is 0 Å². The fraction of sp³-hybridized carbons (Fsp3) is 0.278. The second-order valence-electron chi connectivity index (χ2n) is 5.40. The number of hydrogen-bond donors (Lipinski definition) is 3. The van der Waals surface area contributed by atoms with Gasteiger partial charge in [0.25, 0.3) is 5.91 Å². The number of hydrogen-bond acceptors (Lipinski definition) is 3. The molecule has 1 aromatic heterocycles. The third-order valence-corrected chi connectivity index (χ3v) is 4.09. The van der Waals surface area contributed by atoms with Crippen LogP contribution in [0.5, 0.6) is 0 Å². The van der Waals surface area contributed by atoms with Gasteiger partial charge in [-0.25, -0.2) is 4.98 Å². The lowest BCUT2D eigenvalue weighted by molar-refractivity contribution is 0.0954. The number of nitrogens with one attached hydrogen (secondary N) is 3. The highest BCUT2D eigenvalue weighted by Crippen LogP contribution is 2.14. The van der Waals surface area contributed by atoms with Crippen molar-refractivity contribution in [2.24, 2.45) is 4.99 Å². The molecule has 0 bridgehead atoms. The molecule has 0 aliphatic carbocycles. The first-order valence-corrected chi connectivity index (χ1v) is 8.93. The molecule has 26 heavy (non-hydrogen) atoms. The number of halogens is 2. The number of aromatic nitrogens is 1. The predicted octanol–water partition coefficient (Wildman–Crippen LogP) is 2.53. The number of aliphatic imine (C=N–C) groups is 1. The third-order valence-electron chi connectivity index (χ3n) is 3.54. The summed E-state index contributed by atoms with van der Waals surface area (Å²) in [6.45, 7) is 1.69. The van der Waals surface area contributed by atoms with Crippen LogP contribution in [0.15, 0.2) is 47.6 Å². The van der Waals surface area contributed by atoms with E-state index in [0.29, 0.717) is 41.3 Å². The molecule has 2 rings (SSSR count). The van der Waals surface area contributed by atoms with E-state index in [0.717, 1.165) is 12.0 Å². The summed E-state index contributed by atoms with van der Waals surface area (Å²) in [5, 5.41) is 10.1. The SMILES string of the molecule is CN=C(NCCNC(=O)c1ccccc1Cl)NCCc1ccc(Cl)nc1. The lowest BCUT2D eigenvalue weighted by Gasteiger charge is -2.12. The molecule has 0 atom stereocenters. The number of pyridine rings is 1. The van der Waals surface area contributed by atoms with Crippen LogP contribution in [0.2, 0.25) is 10.2 Å². The zero-order chi connectivity index (χ0) is 18.8. The Hall–Kier alpha value is -2.31. The topological polar surface area (TPSA) is 78.4 Å². The van der Waals surface area contributed by atoms with Crippen LogP contribution in [-0.4, -0.2) is 43.5 Å². The van der Waals surface area contributed by atoms with E-state index in [1.165, 1.54) is 0 Å². The highest BCUT2D eigenvalue weighted by Gasteiger charge is 2.08. The molecule has 0 aliphatic heterocycles. The van der Waals surface area contributed by atoms with Gasteiger partial charge in [-0.1, -0.05) is 41.4 Å². The minimum atomic E-state index is -0.199. The Labute approximate surface area is 163 Å². The van der Waals surface area contributed by atoms with Crippen molar-refractivity contribution in [1.82, 2.24) is 20.9 Å². The fourth-order valence-electron chi connectivity index (χ4n) is 2.20. The molecule has 1 heterocycles. The van der Waals surface area contributed by atoms with E-state index in [9.17, 15) is 4.79 Å². The number of nitrogens with zero attached hydrogens (tertiary/aromatic N) is 2. The van der Waals surface area contributed by atoms with Crippen molar-refractivity contribution in [3.05, 3.63) is 63.9 Å². The molecule has 3 N–H and O–H groups in total. The molecule has 1 amide bonds. The van der Waals surface area contributed by atoms with Gasteiger partial charge < -0.3 is 16.0 Å². The van der Waals surface area contributed by atoms with E-state index in [4.69, 9.17) is 23.2 Å². The first-order valence-electron chi connectivity index (χ1n) is 8.18. The molecule has 138 valence electrons. The number of carbonyl (C=O) groups is 1. The van der Waals surface area contributed by atoms with Gasteiger partial charge in [0.15, 0.2) is 5.96 Å². The lowest BCUT2D eigenvalue weighted by atomic mass is 10.2. The fourth-order valence-corrected chi connectivity index (χ4v) is 2.53. The normalized spacial score (nSPS) is 11.1. The zero-order valence-electron chi connectivity index (χ0n) is 14.4. The Morgan fingerprint density at radius 1 is 1.04 bits per heavy atom. The van der Waals surface area contributed by atoms with Gasteiger partial charge in [0.2, 0.25) is 0 Å². The van der Waals surface area contributed by atoms with Crippen LogP contribution >= 0.6 is 23.2 Å². The van der Waals surface area contributed by atoms with Crippen LogP contribution in [0.3, 0.4) is 0 Å². The molecule has 6 nitrogen and oxygen atoms in total. The Kier molecular flexibility index (Phi) is 8.18. The number of guanidine groups is 1. The first kappa shape index (κ1) is 20.0. The second-order valence-corrected chi connectivity index (χ2v) is 6.20. The molecule has 0 unspecified atom stereocenters. The molecular weight excluding hydrogens is 373 g/mol.